The Labute approximate surface area is 67.8 Å². The van der Waals surface area contributed by atoms with E-state index in [1.165, 1.54) is 32.1 Å². The van der Waals surface area contributed by atoms with Crippen molar-refractivity contribution in [2.75, 3.05) is 6.54 Å². The summed E-state index contributed by atoms with van der Waals surface area (Å²) in [5.41, 5.74) is 5.41. The summed E-state index contributed by atoms with van der Waals surface area (Å²) in [4.78, 5) is 0. The van der Waals surface area contributed by atoms with Crippen molar-refractivity contribution in [3.05, 3.63) is 0 Å². The van der Waals surface area contributed by atoms with Crippen molar-refractivity contribution in [3.63, 3.8) is 0 Å². The molecule has 0 radical (unpaired) electrons. The molecule has 0 aliphatic heterocycles. The molecule has 1 fully saturated rings. The van der Waals surface area contributed by atoms with Gasteiger partial charge >= 0.3 is 0 Å². The lowest BCUT2D eigenvalue weighted by molar-refractivity contribution is -0.00000188. The fourth-order valence-electron chi connectivity index (χ4n) is 1.53. The molecule has 0 aromatic carbocycles. The molecule has 0 heterocycles. The SMILES string of the molecule is NCCC1CCCC1.[Br-]. The lowest BCUT2D eigenvalue weighted by Gasteiger charge is -2.03. The molecule has 1 aliphatic carbocycles. The van der Waals surface area contributed by atoms with E-state index in [4.69, 9.17) is 5.73 Å². The molecular formula is C7H15BrN-. The minimum Gasteiger partial charge on any atom is -1.00 e. The molecule has 0 atom stereocenters. The summed E-state index contributed by atoms with van der Waals surface area (Å²) in [5, 5.41) is 0. The number of nitrogens with two attached hydrogens (primary N) is 1. The summed E-state index contributed by atoms with van der Waals surface area (Å²) in [5.74, 6) is 0.986. The fraction of sp³-hybridized carbons (Fsp3) is 1.00. The van der Waals surface area contributed by atoms with E-state index in [0.29, 0.717) is 0 Å². The van der Waals surface area contributed by atoms with E-state index in [1.807, 2.05) is 0 Å². The van der Waals surface area contributed by atoms with Crippen LogP contribution < -0.4 is 22.7 Å². The number of rotatable bonds is 2. The highest BCUT2D eigenvalue weighted by molar-refractivity contribution is 4.66. The van der Waals surface area contributed by atoms with Crippen LogP contribution in [-0.4, -0.2) is 6.54 Å². The van der Waals surface area contributed by atoms with E-state index in [-0.39, 0.29) is 17.0 Å². The van der Waals surface area contributed by atoms with E-state index in [0.717, 1.165) is 12.5 Å². The molecule has 0 saturated heterocycles. The van der Waals surface area contributed by atoms with Crippen molar-refractivity contribution in [1.82, 2.24) is 0 Å². The number of hydrogen-bond acceptors (Lipinski definition) is 1. The molecule has 0 aromatic rings. The molecule has 1 aliphatic rings. The van der Waals surface area contributed by atoms with Crippen molar-refractivity contribution in [2.45, 2.75) is 32.1 Å². The maximum Gasteiger partial charge on any atom is -0.00746 e. The number of hydrogen-bond donors (Lipinski definition) is 1. The van der Waals surface area contributed by atoms with E-state index >= 15 is 0 Å². The summed E-state index contributed by atoms with van der Waals surface area (Å²) < 4.78 is 0. The van der Waals surface area contributed by atoms with Crippen LogP contribution in [0.1, 0.15) is 32.1 Å². The topological polar surface area (TPSA) is 26.0 Å². The van der Waals surface area contributed by atoms with Crippen molar-refractivity contribution < 1.29 is 17.0 Å². The minimum atomic E-state index is 0. The normalized spacial score (nSPS) is 19.7. The third-order valence-electron chi connectivity index (χ3n) is 2.05. The molecule has 0 amide bonds. The molecule has 1 rings (SSSR count). The van der Waals surface area contributed by atoms with Crippen LogP contribution in [0.2, 0.25) is 0 Å². The maximum absolute atomic E-state index is 5.41. The van der Waals surface area contributed by atoms with Gasteiger partial charge in [-0.3, -0.25) is 0 Å². The van der Waals surface area contributed by atoms with Gasteiger partial charge in [-0.05, 0) is 18.9 Å². The van der Waals surface area contributed by atoms with Crippen LogP contribution in [0.25, 0.3) is 0 Å². The Balaban J connectivity index is 0.000000640. The Hall–Kier alpha value is 0.440. The van der Waals surface area contributed by atoms with Gasteiger partial charge in [-0.15, -0.1) is 0 Å². The first kappa shape index (κ1) is 9.44. The maximum atomic E-state index is 5.41. The summed E-state index contributed by atoms with van der Waals surface area (Å²) in [6.07, 6.45) is 7.05. The molecule has 2 heteroatoms. The second-order valence-corrected chi connectivity index (χ2v) is 2.73. The van der Waals surface area contributed by atoms with Gasteiger partial charge in [-0.1, -0.05) is 25.7 Å². The van der Waals surface area contributed by atoms with Gasteiger partial charge in [0, 0.05) is 0 Å². The Morgan fingerprint density at radius 2 is 1.78 bits per heavy atom. The van der Waals surface area contributed by atoms with E-state index in [2.05, 4.69) is 0 Å². The first-order valence-electron chi connectivity index (χ1n) is 3.63. The van der Waals surface area contributed by atoms with Gasteiger partial charge in [0.05, 0.1) is 0 Å². The lowest BCUT2D eigenvalue weighted by Crippen LogP contribution is -3.00. The van der Waals surface area contributed by atoms with Gasteiger partial charge in [0.15, 0.2) is 0 Å². The quantitative estimate of drug-likeness (QED) is 0.569. The zero-order valence-electron chi connectivity index (χ0n) is 5.78. The Kier molecular flexibility index (Phi) is 5.50. The smallest absolute Gasteiger partial charge is 0.00746 e. The highest BCUT2D eigenvalue weighted by Crippen LogP contribution is 2.26. The standard InChI is InChI=1S/C7H15N.BrH/c8-6-5-7-3-1-2-4-7;/h7H,1-6,8H2;1H/p-1. The third-order valence-corrected chi connectivity index (χ3v) is 2.05. The van der Waals surface area contributed by atoms with E-state index in [9.17, 15) is 0 Å². The molecule has 2 N–H and O–H groups in total. The zero-order chi connectivity index (χ0) is 5.82. The van der Waals surface area contributed by atoms with Crippen molar-refractivity contribution in [2.24, 2.45) is 11.7 Å². The van der Waals surface area contributed by atoms with Crippen molar-refractivity contribution >= 4 is 0 Å². The second kappa shape index (κ2) is 5.24. The van der Waals surface area contributed by atoms with Gasteiger partial charge in [-0.2, -0.15) is 0 Å². The average Bonchev–Trinajstić information content (AvgIpc) is 2.19. The Morgan fingerprint density at radius 1 is 1.22 bits per heavy atom. The highest BCUT2D eigenvalue weighted by atomic mass is 79.9. The van der Waals surface area contributed by atoms with Crippen LogP contribution in [0.4, 0.5) is 0 Å². The van der Waals surface area contributed by atoms with Crippen LogP contribution in [0.3, 0.4) is 0 Å². The van der Waals surface area contributed by atoms with E-state index in [1.54, 1.807) is 0 Å². The molecule has 0 unspecified atom stereocenters. The van der Waals surface area contributed by atoms with Gasteiger partial charge in [0.1, 0.15) is 0 Å². The molecule has 1 saturated carbocycles. The molecule has 0 spiro atoms. The van der Waals surface area contributed by atoms with Crippen molar-refractivity contribution in [3.8, 4) is 0 Å². The summed E-state index contributed by atoms with van der Waals surface area (Å²) >= 11 is 0. The largest absolute Gasteiger partial charge is 1.00 e. The molecule has 0 aromatic heterocycles. The summed E-state index contributed by atoms with van der Waals surface area (Å²) in [6.45, 7) is 0.894. The van der Waals surface area contributed by atoms with Gasteiger partial charge in [0.25, 0.3) is 0 Å². The van der Waals surface area contributed by atoms with Crippen LogP contribution in [0, 0.1) is 5.92 Å². The molecule has 9 heavy (non-hydrogen) atoms. The monoisotopic (exact) mass is 192 g/mol. The Bertz CT molecular complexity index is 59.9. The second-order valence-electron chi connectivity index (χ2n) is 2.73. The van der Waals surface area contributed by atoms with E-state index < -0.39 is 0 Å². The first-order chi connectivity index (χ1) is 3.93. The predicted octanol–water partition coefficient (Wildman–Crippen LogP) is -1.47. The minimum absolute atomic E-state index is 0. The first-order valence-corrected chi connectivity index (χ1v) is 3.63. The van der Waals surface area contributed by atoms with Gasteiger partial charge in [-0.25, -0.2) is 0 Å². The number of halogens is 1. The molecule has 0 bridgehead atoms. The van der Waals surface area contributed by atoms with Crippen LogP contribution in [0.5, 0.6) is 0 Å². The Morgan fingerprint density at radius 3 is 2.22 bits per heavy atom. The molecule has 56 valence electrons. The fourth-order valence-corrected chi connectivity index (χ4v) is 1.53. The third kappa shape index (κ3) is 3.21. The zero-order valence-corrected chi connectivity index (χ0v) is 7.36. The van der Waals surface area contributed by atoms with Crippen LogP contribution in [-0.2, 0) is 0 Å². The summed E-state index contributed by atoms with van der Waals surface area (Å²) in [7, 11) is 0. The van der Waals surface area contributed by atoms with Crippen LogP contribution in [0.15, 0.2) is 0 Å². The average molecular weight is 193 g/mol. The van der Waals surface area contributed by atoms with Gasteiger partial charge in [0.2, 0.25) is 0 Å². The van der Waals surface area contributed by atoms with Crippen LogP contribution >= 0.6 is 0 Å². The molecular weight excluding hydrogens is 178 g/mol. The predicted molar refractivity (Wildman–Crippen MR) is 35.6 cm³/mol. The highest BCUT2D eigenvalue weighted by Gasteiger charge is 2.12. The summed E-state index contributed by atoms with van der Waals surface area (Å²) in [6, 6.07) is 0. The molecule has 1 nitrogen and oxygen atoms in total. The van der Waals surface area contributed by atoms with Gasteiger partial charge < -0.3 is 22.7 Å². The van der Waals surface area contributed by atoms with Crippen molar-refractivity contribution in [1.29, 1.82) is 0 Å². The lowest BCUT2D eigenvalue weighted by atomic mass is 10.1.